The maximum Gasteiger partial charge on any atom is 0.0562 e. The molecule has 0 spiro atoms. The van der Waals surface area contributed by atoms with E-state index in [4.69, 9.17) is 0 Å². The van der Waals surface area contributed by atoms with Gasteiger partial charge in [-0.05, 0) is 39.4 Å². The van der Waals surface area contributed by atoms with Crippen molar-refractivity contribution in [2.45, 2.75) is 52.6 Å². The lowest BCUT2D eigenvalue weighted by Gasteiger charge is -2.29. The molecular weight excluding hydrogens is 222 g/mol. The summed E-state index contributed by atoms with van der Waals surface area (Å²) in [5.74, 6) is 0. The van der Waals surface area contributed by atoms with Gasteiger partial charge in [0.15, 0.2) is 0 Å². The molecule has 0 aliphatic rings. The fourth-order valence-electron chi connectivity index (χ4n) is 2.14. The number of hydrogen-bond acceptors (Lipinski definition) is 3. The van der Waals surface area contributed by atoms with Crippen LogP contribution in [0.1, 0.15) is 45.7 Å². The molecule has 18 heavy (non-hydrogen) atoms. The van der Waals surface area contributed by atoms with Crippen molar-refractivity contribution in [3.63, 3.8) is 0 Å². The van der Waals surface area contributed by atoms with Crippen molar-refractivity contribution in [2.75, 3.05) is 18.5 Å². The monoisotopic (exact) mass is 249 g/mol. The van der Waals surface area contributed by atoms with Crippen molar-refractivity contribution in [2.24, 2.45) is 0 Å². The van der Waals surface area contributed by atoms with Gasteiger partial charge in [0.05, 0.1) is 5.69 Å². The molecule has 102 valence electrons. The van der Waals surface area contributed by atoms with Crippen molar-refractivity contribution in [1.29, 1.82) is 0 Å². The molecule has 3 nitrogen and oxygen atoms in total. The smallest absolute Gasteiger partial charge is 0.0562 e. The van der Waals surface area contributed by atoms with Gasteiger partial charge >= 0.3 is 0 Å². The molecule has 3 heteroatoms. The number of anilines is 1. The molecule has 0 atom stereocenters. The van der Waals surface area contributed by atoms with E-state index in [1.54, 1.807) is 0 Å². The fraction of sp³-hybridized carbons (Fsp3) is 0.667. The molecule has 1 rings (SSSR count). The van der Waals surface area contributed by atoms with Crippen LogP contribution in [0.15, 0.2) is 18.3 Å². The van der Waals surface area contributed by atoms with Crippen molar-refractivity contribution < 1.29 is 0 Å². The standard InChI is InChI=1S/C15H27N3/c1-5-6-7-10-18(13(2)3)15-8-9-17-14(11-15)12-16-4/h8-9,11,13,16H,5-7,10,12H2,1-4H3. The number of unbranched alkanes of at least 4 members (excludes halogenated alkanes) is 2. The van der Waals surface area contributed by atoms with Crippen LogP contribution in [0.2, 0.25) is 0 Å². The van der Waals surface area contributed by atoms with Crippen LogP contribution in [0.25, 0.3) is 0 Å². The van der Waals surface area contributed by atoms with Gasteiger partial charge < -0.3 is 10.2 Å². The molecule has 1 aromatic rings. The first-order valence-corrected chi connectivity index (χ1v) is 7.05. The van der Waals surface area contributed by atoms with Crippen molar-refractivity contribution >= 4 is 5.69 Å². The molecule has 0 aromatic carbocycles. The lowest BCUT2D eigenvalue weighted by molar-refractivity contribution is 0.625. The molecule has 1 aromatic heterocycles. The number of rotatable bonds is 8. The average Bonchev–Trinajstić information content (AvgIpc) is 2.35. The van der Waals surface area contributed by atoms with Gasteiger partial charge in [-0.25, -0.2) is 0 Å². The average molecular weight is 249 g/mol. The Kier molecular flexibility index (Phi) is 6.73. The van der Waals surface area contributed by atoms with E-state index in [2.05, 4.69) is 48.1 Å². The normalized spacial score (nSPS) is 10.9. The minimum atomic E-state index is 0.534. The predicted molar refractivity (Wildman–Crippen MR) is 79.0 cm³/mol. The van der Waals surface area contributed by atoms with Gasteiger partial charge in [-0.3, -0.25) is 4.98 Å². The maximum absolute atomic E-state index is 4.38. The SMILES string of the molecule is CCCCCN(c1ccnc(CNC)c1)C(C)C. The molecule has 0 saturated carbocycles. The number of hydrogen-bond donors (Lipinski definition) is 1. The second-order valence-corrected chi connectivity index (χ2v) is 5.03. The number of nitrogens with one attached hydrogen (secondary N) is 1. The van der Waals surface area contributed by atoms with Gasteiger partial charge in [-0.15, -0.1) is 0 Å². The van der Waals surface area contributed by atoms with Crippen LogP contribution in [0, 0.1) is 0 Å². The highest BCUT2D eigenvalue weighted by molar-refractivity contribution is 5.47. The molecule has 0 aliphatic heterocycles. The summed E-state index contributed by atoms with van der Waals surface area (Å²) >= 11 is 0. The lowest BCUT2D eigenvalue weighted by atomic mass is 10.2. The Morgan fingerprint density at radius 3 is 2.72 bits per heavy atom. The highest BCUT2D eigenvalue weighted by Crippen LogP contribution is 2.18. The summed E-state index contributed by atoms with van der Waals surface area (Å²) in [6, 6.07) is 4.85. The van der Waals surface area contributed by atoms with Crippen LogP contribution in [-0.4, -0.2) is 24.6 Å². The van der Waals surface area contributed by atoms with Gasteiger partial charge in [0.25, 0.3) is 0 Å². The minimum Gasteiger partial charge on any atom is -0.369 e. The second-order valence-electron chi connectivity index (χ2n) is 5.03. The summed E-state index contributed by atoms with van der Waals surface area (Å²) in [4.78, 5) is 6.85. The van der Waals surface area contributed by atoms with Gasteiger partial charge in [0.1, 0.15) is 0 Å². The molecule has 0 radical (unpaired) electrons. The van der Waals surface area contributed by atoms with E-state index in [9.17, 15) is 0 Å². The van der Waals surface area contributed by atoms with Crippen molar-refractivity contribution in [3.05, 3.63) is 24.0 Å². The van der Waals surface area contributed by atoms with Crippen molar-refractivity contribution in [1.82, 2.24) is 10.3 Å². The third kappa shape index (κ3) is 4.65. The van der Waals surface area contributed by atoms with E-state index in [0.717, 1.165) is 18.8 Å². The second kappa shape index (κ2) is 8.09. The highest BCUT2D eigenvalue weighted by Gasteiger charge is 2.10. The first-order chi connectivity index (χ1) is 8.69. The minimum absolute atomic E-state index is 0.534. The molecular formula is C15H27N3. The number of pyridine rings is 1. The molecule has 1 N–H and O–H groups in total. The fourth-order valence-corrected chi connectivity index (χ4v) is 2.14. The summed E-state index contributed by atoms with van der Waals surface area (Å²) in [5, 5.41) is 3.15. The van der Waals surface area contributed by atoms with Crippen LogP contribution in [0.3, 0.4) is 0 Å². The first kappa shape index (κ1) is 15.0. The topological polar surface area (TPSA) is 28.2 Å². The zero-order valence-electron chi connectivity index (χ0n) is 12.2. The summed E-state index contributed by atoms with van der Waals surface area (Å²) in [6.07, 6.45) is 5.75. The lowest BCUT2D eigenvalue weighted by Crippen LogP contribution is -2.31. The van der Waals surface area contributed by atoms with E-state index in [0.29, 0.717) is 6.04 Å². The Bertz CT molecular complexity index is 336. The summed E-state index contributed by atoms with van der Waals surface area (Å²) in [7, 11) is 1.95. The van der Waals surface area contributed by atoms with E-state index >= 15 is 0 Å². The first-order valence-electron chi connectivity index (χ1n) is 7.05. The molecule has 0 amide bonds. The highest BCUT2D eigenvalue weighted by atomic mass is 15.1. The molecule has 0 bridgehead atoms. The predicted octanol–water partition coefficient (Wildman–Crippen LogP) is 3.21. The Balaban J connectivity index is 2.74. The Morgan fingerprint density at radius 2 is 2.11 bits per heavy atom. The summed E-state index contributed by atoms with van der Waals surface area (Å²) in [6.45, 7) is 8.72. The summed E-state index contributed by atoms with van der Waals surface area (Å²) < 4.78 is 0. The van der Waals surface area contributed by atoms with Crippen LogP contribution < -0.4 is 10.2 Å². The maximum atomic E-state index is 4.38. The molecule has 0 saturated heterocycles. The summed E-state index contributed by atoms with van der Waals surface area (Å²) in [5.41, 5.74) is 2.40. The quantitative estimate of drug-likeness (QED) is 0.717. The van der Waals surface area contributed by atoms with Gasteiger partial charge in [-0.1, -0.05) is 19.8 Å². The zero-order chi connectivity index (χ0) is 13.4. The molecule has 0 aliphatic carbocycles. The van der Waals surface area contributed by atoms with E-state index < -0.39 is 0 Å². The van der Waals surface area contributed by atoms with Gasteiger partial charge in [-0.2, -0.15) is 0 Å². The van der Waals surface area contributed by atoms with Crippen LogP contribution in [0.4, 0.5) is 5.69 Å². The molecule has 0 fully saturated rings. The van der Waals surface area contributed by atoms with Crippen LogP contribution in [-0.2, 0) is 6.54 Å². The van der Waals surface area contributed by atoms with Gasteiger partial charge in [0.2, 0.25) is 0 Å². The van der Waals surface area contributed by atoms with Crippen LogP contribution >= 0.6 is 0 Å². The van der Waals surface area contributed by atoms with Gasteiger partial charge in [0, 0.05) is 31.0 Å². The van der Waals surface area contributed by atoms with E-state index in [-0.39, 0.29) is 0 Å². The molecule has 0 unspecified atom stereocenters. The number of aromatic nitrogens is 1. The third-order valence-corrected chi connectivity index (χ3v) is 3.12. The van der Waals surface area contributed by atoms with E-state index in [1.165, 1.54) is 24.9 Å². The van der Waals surface area contributed by atoms with Crippen LogP contribution in [0.5, 0.6) is 0 Å². The van der Waals surface area contributed by atoms with E-state index in [1.807, 2.05) is 13.2 Å². The zero-order valence-corrected chi connectivity index (χ0v) is 12.2. The largest absolute Gasteiger partial charge is 0.369 e. The third-order valence-electron chi connectivity index (χ3n) is 3.12. The number of nitrogens with zero attached hydrogens (tertiary/aromatic N) is 2. The van der Waals surface area contributed by atoms with Crippen molar-refractivity contribution in [3.8, 4) is 0 Å². The Labute approximate surface area is 112 Å². The Morgan fingerprint density at radius 1 is 1.33 bits per heavy atom. The molecule has 1 heterocycles. The Hall–Kier alpha value is -1.09.